The van der Waals surface area contributed by atoms with Crippen molar-refractivity contribution < 1.29 is 14.3 Å². The normalized spacial score (nSPS) is 15.7. The van der Waals surface area contributed by atoms with E-state index in [9.17, 15) is 9.59 Å². The van der Waals surface area contributed by atoms with Crippen molar-refractivity contribution in [3.8, 4) is 5.75 Å². The van der Waals surface area contributed by atoms with Crippen LogP contribution in [0.25, 0.3) is 0 Å². The smallest absolute Gasteiger partial charge is 0.255 e. The van der Waals surface area contributed by atoms with Gasteiger partial charge in [0.15, 0.2) is 0 Å². The van der Waals surface area contributed by atoms with Gasteiger partial charge in [0.2, 0.25) is 5.91 Å². The average molecular weight is 417 g/mol. The molecule has 26 heavy (non-hydrogen) atoms. The van der Waals surface area contributed by atoms with E-state index in [0.29, 0.717) is 35.8 Å². The number of hydrogen-bond donors (Lipinski definition) is 1. The molecule has 1 N–H and O–H groups in total. The van der Waals surface area contributed by atoms with Gasteiger partial charge in [-0.3, -0.25) is 9.59 Å². The van der Waals surface area contributed by atoms with E-state index in [4.69, 9.17) is 4.74 Å². The van der Waals surface area contributed by atoms with Crippen LogP contribution in [-0.2, 0) is 4.79 Å². The average Bonchev–Trinajstić information content (AvgIpc) is 2.70. The first kappa shape index (κ1) is 18.5. The maximum absolute atomic E-state index is 12.8. The minimum Gasteiger partial charge on any atom is -0.490 e. The molecule has 2 amide bonds. The minimum atomic E-state index is -0.601. The molecule has 6 heteroatoms. The van der Waals surface area contributed by atoms with Crippen molar-refractivity contribution in [2.24, 2.45) is 5.41 Å². The van der Waals surface area contributed by atoms with Gasteiger partial charge < -0.3 is 15.0 Å². The third kappa shape index (κ3) is 3.60. The number of rotatable bonds is 3. The SMILES string of the molecule is CCN1C(=O)C(C)(C)COc2ccc(NC(=O)c3ccc(Br)cc3)cc21. The van der Waals surface area contributed by atoms with Crippen LogP contribution in [0.15, 0.2) is 46.9 Å². The van der Waals surface area contributed by atoms with Crippen LogP contribution in [0.1, 0.15) is 31.1 Å². The van der Waals surface area contributed by atoms with Gasteiger partial charge in [0.1, 0.15) is 12.4 Å². The number of hydrogen-bond acceptors (Lipinski definition) is 3. The van der Waals surface area contributed by atoms with Crippen molar-refractivity contribution in [3.05, 3.63) is 52.5 Å². The number of carbonyl (C=O) groups is 2. The standard InChI is InChI=1S/C20H21BrN2O3/c1-4-23-16-11-15(22-18(24)13-5-7-14(21)8-6-13)9-10-17(16)26-12-20(2,3)19(23)25/h5-11H,4,12H2,1-3H3,(H,22,24). The van der Waals surface area contributed by atoms with Gasteiger partial charge in [0.05, 0.1) is 11.1 Å². The summed E-state index contributed by atoms with van der Waals surface area (Å²) in [5.41, 5.74) is 1.25. The Hall–Kier alpha value is -2.34. The number of amides is 2. The van der Waals surface area contributed by atoms with Gasteiger partial charge in [0, 0.05) is 22.3 Å². The van der Waals surface area contributed by atoms with E-state index < -0.39 is 5.41 Å². The van der Waals surface area contributed by atoms with Gasteiger partial charge in [-0.1, -0.05) is 15.9 Å². The molecular formula is C20H21BrN2O3. The molecule has 0 saturated carbocycles. The highest BCUT2D eigenvalue weighted by Gasteiger charge is 2.37. The van der Waals surface area contributed by atoms with Crippen LogP contribution in [0.4, 0.5) is 11.4 Å². The van der Waals surface area contributed by atoms with Crippen LogP contribution >= 0.6 is 15.9 Å². The summed E-state index contributed by atoms with van der Waals surface area (Å²) >= 11 is 3.36. The zero-order chi connectivity index (χ0) is 18.9. The zero-order valence-electron chi connectivity index (χ0n) is 15.0. The van der Waals surface area contributed by atoms with Gasteiger partial charge in [-0.2, -0.15) is 0 Å². The van der Waals surface area contributed by atoms with E-state index in [0.717, 1.165) is 4.47 Å². The highest BCUT2D eigenvalue weighted by atomic mass is 79.9. The van der Waals surface area contributed by atoms with Crippen molar-refractivity contribution in [1.82, 2.24) is 0 Å². The third-order valence-corrected chi connectivity index (χ3v) is 4.87. The lowest BCUT2D eigenvalue weighted by molar-refractivity contribution is -0.127. The molecule has 0 spiro atoms. The van der Waals surface area contributed by atoms with Crippen LogP contribution in [0.5, 0.6) is 5.75 Å². The maximum Gasteiger partial charge on any atom is 0.255 e. The predicted octanol–water partition coefficient (Wildman–Crippen LogP) is 4.47. The first-order valence-corrected chi connectivity index (χ1v) is 9.27. The predicted molar refractivity (Wildman–Crippen MR) is 106 cm³/mol. The summed E-state index contributed by atoms with van der Waals surface area (Å²) in [5.74, 6) is 0.448. The highest BCUT2D eigenvalue weighted by molar-refractivity contribution is 9.10. The maximum atomic E-state index is 12.8. The summed E-state index contributed by atoms with van der Waals surface area (Å²) in [6, 6.07) is 12.5. The Bertz CT molecular complexity index is 847. The van der Waals surface area contributed by atoms with Crippen LogP contribution in [0.2, 0.25) is 0 Å². The Morgan fingerprint density at radius 3 is 2.58 bits per heavy atom. The summed E-state index contributed by atoms with van der Waals surface area (Å²) in [4.78, 5) is 26.9. The third-order valence-electron chi connectivity index (χ3n) is 4.34. The molecule has 1 heterocycles. The lowest BCUT2D eigenvalue weighted by atomic mass is 9.93. The Kier molecular flexibility index (Phi) is 5.05. The number of nitrogens with one attached hydrogen (secondary N) is 1. The highest BCUT2D eigenvalue weighted by Crippen LogP contribution is 2.38. The largest absolute Gasteiger partial charge is 0.490 e. The molecule has 0 unspecified atom stereocenters. The molecule has 3 rings (SSSR count). The molecule has 0 atom stereocenters. The van der Waals surface area contributed by atoms with Crippen LogP contribution in [0, 0.1) is 5.41 Å². The van der Waals surface area contributed by atoms with Crippen molar-refractivity contribution in [2.45, 2.75) is 20.8 Å². The van der Waals surface area contributed by atoms with E-state index in [-0.39, 0.29) is 11.8 Å². The van der Waals surface area contributed by atoms with Gasteiger partial charge >= 0.3 is 0 Å². The van der Waals surface area contributed by atoms with E-state index in [1.54, 1.807) is 35.2 Å². The first-order valence-electron chi connectivity index (χ1n) is 8.47. The lowest BCUT2D eigenvalue weighted by Gasteiger charge is -2.27. The van der Waals surface area contributed by atoms with Crippen molar-refractivity contribution >= 4 is 39.1 Å². The number of carbonyl (C=O) groups excluding carboxylic acids is 2. The molecule has 1 aliphatic heterocycles. The zero-order valence-corrected chi connectivity index (χ0v) is 16.6. The summed E-state index contributed by atoms with van der Waals surface area (Å²) in [6.45, 7) is 6.53. The Morgan fingerprint density at radius 2 is 1.92 bits per heavy atom. The molecule has 5 nitrogen and oxygen atoms in total. The fourth-order valence-corrected chi connectivity index (χ4v) is 3.11. The molecule has 0 fully saturated rings. The van der Waals surface area contributed by atoms with E-state index in [1.807, 2.05) is 32.9 Å². The number of nitrogens with zero attached hydrogens (tertiary/aromatic N) is 1. The topological polar surface area (TPSA) is 58.6 Å². The number of anilines is 2. The van der Waals surface area contributed by atoms with Gasteiger partial charge in [-0.05, 0) is 63.2 Å². The second kappa shape index (κ2) is 7.11. The first-order chi connectivity index (χ1) is 12.3. The molecule has 2 aromatic carbocycles. The van der Waals surface area contributed by atoms with Crippen molar-refractivity contribution in [2.75, 3.05) is 23.4 Å². The molecular weight excluding hydrogens is 396 g/mol. The lowest BCUT2D eigenvalue weighted by Crippen LogP contribution is -2.42. The Balaban J connectivity index is 1.89. The summed E-state index contributed by atoms with van der Waals surface area (Å²) in [7, 11) is 0. The second-order valence-corrected chi connectivity index (χ2v) is 7.78. The van der Waals surface area contributed by atoms with Crippen molar-refractivity contribution in [3.63, 3.8) is 0 Å². The van der Waals surface area contributed by atoms with Gasteiger partial charge in [0.25, 0.3) is 5.91 Å². The molecule has 0 saturated heterocycles. The molecule has 0 radical (unpaired) electrons. The van der Waals surface area contributed by atoms with Crippen LogP contribution < -0.4 is 15.0 Å². The quantitative estimate of drug-likeness (QED) is 0.802. The van der Waals surface area contributed by atoms with Gasteiger partial charge in [-0.25, -0.2) is 0 Å². The second-order valence-electron chi connectivity index (χ2n) is 6.87. The minimum absolute atomic E-state index is 0.00939. The van der Waals surface area contributed by atoms with Crippen molar-refractivity contribution in [1.29, 1.82) is 0 Å². The summed E-state index contributed by atoms with van der Waals surface area (Å²) < 4.78 is 6.76. The number of fused-ring (bicyclic) bond motifs is 1. The Morgan fingerprint density at radius 1 is 1.23 bits per heavy atom. The van der Waals surface area contributed by atoms with E-state index in [1.165, 1.54) is 0 Å². The fourth-order valence-electron chi connectivity index (χ4n) is 2.84. The van der Waals surface area contributed by atoms with Crippen LogP contribution in [0.3, 0.4) is 0 Å². The monoisotopic (exact) mass is 416 g/mol. The molecule has 2 aromatic rings. The summed E-state index contributed by atoms with van der Waals surface area (Å²) in [5, 5.41) is 2.88. The Labute approximate surface area is 161 Å². The molecule has 1 aliphatic rings. The molecule has 0 bridgehead atoms. The fraction of sp³-hybridized carbons (Fsp3) is 0.300. The number of halogens is 1. The van der Waals surface area contributed by atoms with Crippen LogP contribution in [-0.4, -0.2) is 25.0 Å². The van der Waals surface area contributed by atoms with E-state index >= 15 is 0 Å². The molecule has 0 aliphatic carbocycles. The summed E-state index contributed by atoms with van der Waals surface area (Å²) in [6.07, 6.45) is 0. The molecule has 0 aromatic heterocycles. The van der Waals surface area contributed by atoms with E-state index in [2.05, 4.69) is 21.2 Å². The van der Waals surface area contributed by atoms with Gasteiger partial charge in [-0.15, -0.1) is 0 Å². The molecule has 136 valence electrons. The number of ether oxygens (including phenoxy) is 1. The number of benzene rings is 2.